The standard InChI is InChI=1S/C4H4N2S4/c7-1-2(8)5-4(10)6-3(1)9/h7H,(H3,5,6,8,9,10). The molecule has 1 rings (SSSR count). The number of nitrogens with one attached hydrogen (secondary N) is 2. The van der Waals surface area contributed by atoms with Crippen molar-refractivity contribution in [1.29, 1.82) is 0 Å². The topological polar surface area (TPSA) is 31.6 Å². The maximum atomic E-state index is 4.86. The summed E-state index contributed by atoms with van der Waals surface area (Å²) >= 11 is 17.8. The van der Waals surface area contributed by atoms with Gasteiger partial charge in [0, 0.05) is 0 Å². The fraction of sp³-hybridized carbons (Fsp3) is 0. The van der Waals surface area contributed by atoms with Crippen molar-refractivity contribution in [2.45, 2.75) is 9.92 Å². The Morgan fingerprint density at radius 1 is 1.10 bits per heavy atom. The first-order valence-electron chi connectivity index (χ1n) is 2.36. The molecule has 0 aliphatic rings. The van der Waals surface area contributed by atoms with Gasteiger partial charge in [-0.15, -0.1) is 25.3 Å². The molecule has 1 aromatic heterocycles. The van der Waals surface area contributed by atoms with E-state index in [2.05, 4.69) is 35.2 Å². The summed E-state index contributed by atoms with van der Waals surface area (Å²) in [6, 6.07) is 0. The van der Waals surface area contributed by atoms with E-state index >= 15 is 0 Å². The number of aromatic nitrogens is 2. The highest BCUT2D eigenvalue weighted by Crippen LogP contribution is 2.14. The molecule has 0 bridgehead atoms. The average Bonchev–Trinajstić information content (AvgIpc) is 1.82. The van der Waals surface area contributed by atoms with Gasteiger partial charge in [0.25, 0.3) is 0 Å². The molecule has 0 spiro atoms. The number of H-pyrrole nitrogens is 2. The third-order valence-corrected chi connectivity index (χ3v) is 2.52. The van der Waals surface area contributed by atoms with E-state index in [0.29, 0.717) is 19.3 Å². The Morgan fingerprint density at radius 3 is 2.20 bits per heavy atom. The first-order valence-corrected chi connectivity index (χ1v) is 4.07. The molecular weight excluding hydrogens is 204 g/mol. The van der Waals surface area contributed by atoms with Crippen molar-refractivity contribution in [2.75, 3.05) is 0 Å². The van der Waals surface area contributed by atoms with E-state index in [-0.39, 0.29) is 0 Å². The summed E-state index contributed by atoms with van der Waals surface area (Å²) in [6.07, 6.45) is 0. The predicted octanol–water partition coefficient (Wildman–Crippen LogP) is 2.38. The van der Waals surface area contributed by atoms with Gasteiger partial charge < -0.3 is 9.97 Å². The maximum absolute atomic E-state index is 4.86. The number of hydrogen-bond acceptors (Lipinski definition) is 4. The second-order valence-electron chi connectivity index (χ2n) is 1.61. The van der Waals surface area contributed by atoms with E-state index < -0.39 is 0 Å². The van der Waals surface area contributed by atoms with Crippen molar-refractivity contribution in [3.63, 3.8) is 0 Å². The normalized spacial score (nSPS) is 9.80. The van der Waals surface area contributed by atoms with Crippen LogP contribution >= 0.6 is 49.7 Å². The average molecular weight is 208 g/mol. The van der Waals surface area contributed by atoms with Crippen molar-refractivity contribution in [2.24, 2.45) is 0 Å². The van der Waals surface area contributed by atoms with Crippen LogP contribution in [-0.4, -0.2) is 9.97 Å². The van der Waals surface area contributed by atoms with E-state index in [1.165, 1.54) is 0 Å². The molecule has 0 radical (unpaired) electrons. The molecule has 10 heavy (non-hydrogen) atoms. The van der Waals surface area contributed by atoms with Crippen LogP contribution in [0.5, 0.6) is 0 Å². The lowest BCUT2D eigenvalue weighted by atomic mass is 10.7. The lowest BCUT2D eigenvalue weighted by molar-refractivity contribution is 0.936. The highest BCUT2D eigenvalue weighted by atomic mass is 32.1. The van der Waals surface area contributed by atoms with Gasteiger partial charge in [-0.3, -0.25) is 0 Å². The molecule has 0 saturated carbocycles. The SMILES string of the molecule is S=c1[nH]c(S)c(S)c(=S)[nH]1. The number of thiol groups is 2. The highest BCUT2D eigenvalue weighted by molar-refractivity contribution is 7.84. The molecule has 0 saturated heterocycles. The summed E-state index contributed by atoms with van der Waals surface area (Å²) in [6.45, 7) is 0. The van der Waals surface area contributed by atoms with Gasteiger partial charge in [-0.25, -0.2) is 0 Å². The first-order chi connectivity index (χ1) is 4.61. The van der Waals surface area contributed by atoms with Gasteiger partial charge in [0.05, 0.1) is 9.92 Å². The highest BCUT2D eigenvalue weighted by Gasteiger charge is 1.94. The van der Waals surface area contributed by atoms with Gasteiger partial charge in [-0.1, -0.05) is 12.2 Å². The lowest BCUT2D eigenvalue weighted by Gasteiger charge is -1.95. The molecule has 1 aromatic rings. The van der Waals surface area contributed by atoms with Crippen LogP contribution in [0.4, 0.5) is 0 Å². The zero-order chi connectivity index (χ0) is 7.72. The summed E-state index contributed by atoms with van der Waals surface area (Å²) < 4.78 is 0.977. The quantitative estimate of drug-likeness (QED) is 0.300. The molecule has 0 aromatic carbocycles. The van der Waals surface area contributed by atoms with E-state index in [9.17, 15) is 0 Å². The Hall–Kier alpha value is 0.220. The van der Waals surface area contributed by atoms with Crippen molar-refractivity contribution in [3.8, 4) is 0 Å². The van der Waals surface area contributed by atoms with Crippen molar-refractivity contribution < 1.29 is 0 Å². The maximum Gasteiger partial charge on any atom is 0.176 e. The fourth-order valence-electron chi connectivity index (χ4n) is 0.468. The lowest BCUT2D eigenvalue weighted by Crippen LogP contribution is -1.85. The molecule has 54 valence electrons. The second-order valence-corrected chi connectivity index (χ2v) is 3.32. The molecule has 2 nitrogen and oxygen atoms in total. The van der Waals surface area contributed by atoms with Crippen LogP contribution in [-0.2, 0) is 0 Å². The smallest absolute Gasteiger partial charge is 0.176 e. The van der Waals surface area contributed by atoms with E-state index in [1.807, 2.05) is 0 Å². The summed E-state index contributed by atoms with van der Waals surface area (Å²) in [7, 11) is 0. The largest absolute Gasteiger partial charge is 0.326 e. The minimum atomic E-state index is 0.466. The monoisotopic (exact) mass is 208 g/mol. The molecule has 0 atom stereocenters. The number of aromatic amines is 2. The van der Waals surface area contributed by atoms with E-state index in [0.717, 1.165) is 0 Å². The van der Waals surface area contributed by atoms with Crippen LogP contribution in [0.25, 0.3) is 0 Å². The second kappa shape index (κ2) is 3.08. The van der Waals surface area contributed by atoms with Crippen molar-refractivity contribution in [1.82, 2.24) is 9.97 Å². The summed E-state index contributed by atoms with van der Waals surface area (Å²) in [5.74, 6) is 0. The van der Waals surface area contributed by atoms with Crippen molar-refractivity contribution in [3.05, 3.63) is 9.41 Å². The third-order valence-electron chi connectivity index (χ3n) is 0.898. The van der Waals surface area contributed by atoms with Crippen LogP contribution in [0.15, 0.2) is 9.92 Å². The Labute approximate surface area is 78.9 Å². The summed E-state index contributed by atoms with van der Waals surface area (Å²) in [4.78, 5) is 6.11. The minimum Gasteiger partial charge on any atom is -0.326 e. The molecule has 6 heteroatoms. The van der Waals surface area contributed by atoms with Gasteiger partial charge >= 0.3 is 0 Å². The molecule has 0 aliphatic carbocycles. The van der Waals surface area contributed by atoms with Crippen LogP contribution in [0.2, 0.25) is 0 Å². The first kappa shape index (κ1) is 8.32. The fourth-order valence-corrected chi connectivity index (χ4v) is 1.43. The van der Waals surface area contributed by atoms with E-state index in [4.69, 9.17) is 24.4 Å². The molecule has 1 heterocycles. The zero-order valence-corrected chi connectivity index (χ0v) is 8.13. The molecular formula is C4H4N2S4. The number of hydrogen-bond donors (Lipinski definition) is 4. The van der Waals surface area contributed by atoms with Gasteiger partial charge in [0.2, 0.25) is 0 Å². The van der Waals surface area contributed by atoms with Crippen molar-refractivity contribution >= 4 is 49.7 Å². The Morgan fingerprint density at radius 2 is 1.70 bits per heavy atom. The van der Waals surface area contributed by atoms with Gasteiger partial charge in [0.1, 0.15) is 4.64 Å². The predicted molar refractivity (Wildman–Crippen MR) is 51.3 cm³/mol. The number of rotatable bonds is 0. The van der Waals surface area contributed by atoms with Gasteiger partial charge in [-0.2, -0.15) is 0 Å². The Kier molecular flexibility index (Phi) is 2.56. The molecule has 0 unspecified atom stereocenters. The van der Waals surface area contributed by atoms with Crippen LogP contribution in [0.3, 0.4) is 0 Å². The molecule has 0 fully saturated rings. The van der Waals surface area contributed by atoms with Crippen LogP contribution < -0.4 is 0 Å². The molecule has 0 amide bonds. The summed E-state index contributed by atoms with van der Waals surface area (Å²) in [5.41, 5.74) is 0. The molecule has 0 aliphatic heterocycles. The Bertz CT molecular complexity index is 349. The van der Waals surface area contributed by atoms with Crippen LogP contribution in [0.1, 0.15) is 0 Å². The minimum absolute atomic E-state index is 0.466. The van der Waals surface area contributed by atoms with Crippen LogP contribution in [0, 0.1) is 9.41 Å². The zero-order valence-electron chi connectivity index (χ0n) is 4.71. The molecule has 2 N–H and O–H groups in total. The Balaban J connectivity index is 3.62. The van der Waals surface area contributed by atoms with E-state index in [1.54, 1.807) is 0 Å². The van der Waals surface area contributed by atoms with Gasteiger partial charge in [0.15, 0.2) is 4.77 Å². The third kappa shape index (κ3) is 1.63. The summed E-state index contributed by atoms with van der Waals surface area (Å²) in [5, 5.41) is 0.595. The van der Waals surface area contributed by atoms with Gasteiger partial charge in [-0.05, 0) is 12.2 Å².